The predicted octanol–water partition coefficient (Wildman–Crippen LogP) is 4.13. The average molecular weight is 713 g/mol. The third-order valence-corrected chi connectivity index (χ3v) is 11.6. The Bertz CT molecular complexity index is 1880. The van der Waals surface area contributed by atoms with Gasteiger partial charge in [0.1, 0.15) is 11.3 Å². The maximum atomic E-state index is 12.8. The molecule has 0 spiro atoms. The predicted molar refractivity (Wildman–Crippen MR) is 186 cm³/mol. The molecule has 14 heteroatoms. The largest absolute Gasteiger partial charge is 0.378 e. The molecule has 246 valence electrons. The summed E-state index contributed by atoms with van der Waals surface area (Å²) >= 11 is 3.64. The Labute approximate surface area is 278 Å². The molecule has 2 aliphatic heterocycles. The number of carbonyl (C=O) groups is 1. The van der Waals surface area contributed by atoms with E-state index in [1.807, 2.05) is 18.2 Å². The number of benzene rings is 1. The Balaban J connectivity index is 1.22. The number of hydrogen-bond donors (Lipinski definition) is 3. The van der Waals surface area contributed by atoms with E-state index in [1.165, 1.54) is 0 Å². The molecule has 2 saturated heterocycles. The standard InChI is InChI=1S/C32H42BrN9O3S/c1-6-46(44,45)41-10-9-24(18-41)36-29-26(33)17-34-32-30(29)37-31(38-32)25-16-21(3)42(22(25)4)27-8-7-23(15-20(27)2)35-28(43)19-40-13-11-39(5)12-14-40/h7-8,15-17,24H,6,9-14,18-19H2,1-5H3,(H,35,43)(H2,34,36,37,38)/t24-/m0/s1. The summed E-state index contributed by atoms with van der Waals surface area (Å²) in [5.74, 6) is 0.806. The number of carbonyl (C=O) groups excluding carboxylic acids is 1. The van der Waals surface area contributed by atoms with E-state index in [0.29, 0.717) is 31.1 Å². The molecule has 1 atom stereocenters. The number of H-pyrrole nitrogens is 1. The first kappa shape index (κ1) is 32.6. The first-order chi connectivity index (χ1) is 21.9. The first-order valence-corrected chi connectivity index (χ1v) is 18.1. The monoisotopic (exact) mass is 711 g/mol. The van der Waals surface area contributed by atoms with Crippen molar-refractivity contribution in [3.63, 3.8) is 0 Å². The first-order valence-electron chi connectivity index (χ1n) is 15.7. The molecule has 0 radical (unpaired) electrons. The molecule has 6 rings (SSSR count). The van der Waals surface area contributed by atoms with Crippen LogP contribution in [0, 0.1) is 20.8 Å². The Morgan fingerprint density at radius 2 is 1.87 bits per heavy atom. The lowest BCUT2D eigenvalue weighted by Gasteiger charge is -2.31. The second-order valence-corrected chi connectivity index (χ2v) is 15.5. The van der Waals surface area contributed by atoms with Gasteiger partial charge < -0.3 is 25.1 Å². The minimum Gasteiger partial charge on any atom is -0.378 e. The van der Waals surface area contributed by atoms with E-state index in [9.17, 15) is 13.2 Å². The quantitative estimate of drug-likeness (QED) is 0.236. The van der Waals surface area contributed by atoms with Crippen LogP contribution in [0.1, 0.15) is 30.3 Å². The van der Waals surface area contributed by atoms with E-state index >= 15 is 0 Å². The van der Waals surface area contributed by atoms with Crippen molar-refractivity contribution in [2.45, 2.75) is 40.2 Å². The number of sulfonamides is 1. The molecule has 2 fully saturated rings. The summed E-state index contributed by atoms with van der Waals surface area (Å²) in [6.07, 6.45) is 2.44. The van der Waals surface area contributed by atoms with E-state index in [4.69, 9.17) is 4.98 Å². The fraction of sp³-hybridized carbons (Fsp3) is 0.469. The average Bonchev–Trinajstić information content (AvgIpc) is 3.74. The van der Waals surface area contributed by atoms with Gasteiger partial charge in [-0.3, -0.25) is 9.69 Å². The number of aromatic amines is 1. The van der Waals surface area contributed by atoms with Gasteiger partial charge in [-0.2, -0.15) is 4.31 Å². The van der Waals surface area contributed by atoms with E-state index < -0.39 is 10.0 Å². The number of halogens is 1. The maximum absolute atomic E-state index is 12.8. The van der Waals surface area contributed by atoms with Gasteiger partial charge in [0, 0.05) is 79.8 Å². The lowest BCUT2D eigenvalue weighted by molar-refractivity contribution is -0.117. The Morgan fingerprint density at radius 3 is 2.59 bits per heavy atom. The van der Waals surface area contributed by atoms with Crippen molar-refractivity contribution < 1.29 is 13.2 Å². The maximum Gasteiger partial charge on any atom is 0.238 e. The molecular formula is C32H42BrN9O3S. The number of aryl methyl sites for hydroxylation is 2. The molecular weight excluding hydrogens is 670 g/mol. The van der Waals surface area contributed by atoms with Crippen molar-refractivity contribution in [3.05, 3.63) is 51.9 Å². The molecule has 0 bridgehead atoms. The van der Waals surface area contributed by atoms with Crippen LogP contribution in [-0.2, 0) is 14.8 Å². The second-order valence-electron chi connectivity index (χ2n) is 12.4. The molecule has 1 aromatic carbocycles. The molecule has 5 heterocycles. The van der Waals surface area contributed by atoms with E-state index in [0.717, 1.165) is 82.2 Å². The SMILES string of the molecule is CCS(=O)(=O)N1CC[C@H](Nc2c(Br)cnc3nc(-c4cc(C)n(-c5ccc(NC(=O)CN6CCN(C)CC6)cc5C)c4C)[nH]c23)C1. The van der Waals surface area contributed by atoms with Crippen LogP contribution in [0.25, 0.3) is 28.2 Å². The van der Waals surface area contributed by atoms with Crippen LogP contribution in [0.2, 0.25) is 0 Å². The zero-order chi connectivity index (χ0) is 32.7. The summed E-state index contributed by atoms with van der Waals surface area (Å²) in [5, 5.41) is 6.62. The number of amides is 1. The molecule has 1 amide bonds. The fourth-order valence-corrected chi connectivity index (χ4v) is 8.03. The van der Waals surface area contributed by atoms with Gasteiger partial charge in [0.2, 0.25) is 15.9 Å². The number of hydrogen-bond acceptors (Lipinski definition) is 8. The molecule has 12 nitrogen and oxygen atoms in total. The molecule has 0 aliphatic carbocycles. The highest BCUT2D eigenvalue weighted by atomic mass is 79.9. The fourth-order valence-electron chi connectivity index (χ4n) is 6.45. The minimum atomic E-state index is -3.23. The van der Waals surface area contributed by atoms with Crippen molar-refractivity contribution in [3.8, 4) is 17.1 Å². The van der Waals surface area contributed by atoms with Crippen LogP contribution < -0.4 is 10.6 Å². The number of aromatic nitrogens is 4. The number of pyridine rings is 1. The second kappa shape index (κ2) is 13.1. The van der Waals surface area contributed by atoms with Crippen LogP contribution in [0.4, 0.5) is 11.4 Å². The highest BCUT2D eigenvalue weighted by molar-refractivity contribution is 9.10. The summed E-state index contributed by atoms with van der Waals surface area (Å²) in [7, 11) is -1.12. The number of nitrogens with zero attached hydrogens (tertiary/aromatic N) is 6. The summed E-state index contributed by atoms with van der Waals surface area (Å²) in [4.78, 5) is 30.1. The molecule has 4 aromatic rings. The zero-order valence-corrected chi connectivity index (χ0v) is 29.4. The molecule has 3 aromatic heterocycles. The van der Waals surface area contributed by atoms with E-state index in [2.05, 4.69) is 84.8 Å². The highest BCUT2D eigenvalue weighted by Crippen LogP contribution is 2.35. The van der Waals surface area contributed by atoms with Crippen LogP contribution in [0.5, 0.6) is 0 Å². The molecule has 2 aliphatic rings. The number of fused-ring (bicyclic) bond motifs is 1. The topological polar surface area (TPSA) is 131 Å². The smallest absolute Gasteiger partial charge is 0.238 e. The van der Waals surface area contributed by atoms with Crippen LogP contribution in [0.15, 0.2) is 34.9 Å². The normalized spacial score (nSPS) is 18.4. The Kier molecular flexibility index (Phi) is 9.27. The van der Waals surface area contributed by atoms with Crippen molar-refractivity contribution in [2.75, 3.05) is 69.2 Å². The molecule has 0 saturated carbocycles. The van der Waals surface area contributed by atoms with E-state index in [1.54, 1.807) is 17.4 Å². The summed E-state index contributed by atoms with van der Waals surface area (Å²) < 4.78 is 29.3. The Hall–Kier alpha value is -3.30. The number of rotatable bonds is 9. The van der Waals surface area contributed by atoms with Gasteiger partial charge in [0.05, 0.1) is 22.5 Å². The Morgan fingerprint density at radius 1 is 1.11 bits per heavy atom. The van der Waals surface area contributed by atoms with Gasteiger partial charge in [0.15, 0.2) is 5.65 Å². The van der Waals surface area contributed by atoms with Crippen LogP contribution in [0.3, 0.4) is 0 Å². The number of nitrogens with one attached hydrogen (secondary N) is 3. The summed E-state index contributed by atoms with van der Waals surface area (Å²) in [6.45, 7) is 13.0. The summed E-state index contributed by atoms with van der Waals surface area (Å²) in [5.41, 5.74) is 8.06. The third kappa shape index (κ3) is 6.58. The lowest BCUT2D eigenvalue weighted by Crippen LogP contribution is -2.47. The van der Waals surface area contributed by atoms with Crippen LogP contribution >= 0.6 is 15.9 Å². The van der Waals surface area contributed by atoms with Gasteiger partial charge in [0.25, 0.3) is 0 Å². The number of piperazine rings is 1. The van der Waals surface area contributed by atoms with Gasteiger partial charge in [-0.1, -0.05) is 0 Å². The molecule has 3 N–H and O–H groups in total. The number of likely N-dealkylation sites (N-methyl/N-ethyl adjacent to an activating group) is 1. The number of imidazole rings is 1. The van der Waals surface area contributed by atoms with Crippen molar-refractivity contribution in [2.24, 2.45) is 0 Å². The van der Waals surface area contributed by atoms with E-state index in [-0.39, 0.29) is 17.7 Å². The van der Waals surface area contributed by atoms with Gasteiger partial charge in [-0.25, -0.2) is 18.4 Å². The lowest BCUT2D eigenvalue weighted by atomic mass is 10.1. The van der Waals surface area contributed by atoms with Gasteiger partial charge in [-0.15, -0.1) is 0 Å². The summed E-state index contributed by atoms with van der Waals surface area (Å²) in [6, 6.07) is 8.12. The van der Waals surface area contributed by atoms with Crippen LogP contribution in [-0.4, -0.2) is 113 Å². The molecule has 46 heavy (non-hydrogen) atoms. The minimum absolute atomic E-state index is 0.00237. The number of anilines is 2. The van der Waals surface area contributed by atoms with Crippen molar-refractivity contribution in [1.82, 2.24) is 33.6 Å². The zero-order valence-electron chi connectivity index (χ0n) is 27.0. The highest BCUT2D eigenvalue weighted by Gasteiger charge is 2.31. The van der Waals surface area contributed by atoms with Crippen molar-refractivity contribution >= 4 is 54.4 Å². The van der Waals surface area contributed by atoms with Gasteiger partial charge in [-0.05, 0) is 86.9 Å². The van der Waals surface area contributed by atoms with Crippen molar-refractivity contribution in [1.29, 1.82) is 0 Å². The van der Waals surface area contributed by atoms with Gasteiger partial charge >= 0.3 is 0 Å². The third-order valence-electron chi connectivity index (χ3n) is 9.10. The molecule has 0 unspecified atom stereocenters.